The Morgan fingerprint density at radius 1 is 1.27 bits per heavy atom. The van der Waals surface area contributed by atoms with Crippen molar-refractivity contribution in [3.05, 3.63) is 17.7 Å². The van der Waals surface area contributed by atoms with Crippen LogP contribution in [0.1, 0.15) is 30.7 Å². The number of halogens is 1. The van der Waals surface area contributed by atoms with Crippen LogP contribution in [-0.2, 0) is 6.54 Å². The molecule has 0 aliphatic rings. The largest absolute Gasteiger partial charge is 0.321 e. The number of hydrogen-bond acceptors (Lipinski definition) is 3. The second-order valence-corrected chi connectivity index (χ2v) is 3.49. The van der Waals surface area contributed by atoms with Gasteiger partial charge in [-0.25, -0.2) is 4.98 Å². The number of aromatic nitrogens is 2. The van der Waals surface area contributed by atoms with Crippen LogP contribution in [0.15, 0.2) is 6.33 Å². The van der Waals surface area contributed by atoms with E-state index in [4.69, 9.17) is 22.1 Å². The molecule has 78 valence electrons. The molecule has 0 radical (unpaired) electrons. The molecule has 0 atom stereocenters. The van der Waals surface area contributed by atoms with Crippen molar-refractivity contribution in [2.45, 2.75) is 25.8 Å². The minimum Gasteiger partial charge on any atom is -0.321 e. The van der Waals surface area contributed by atoms with E-state index in [0.29, 0.717) is 18.1 Å². The SMILES string of the molecule is N#Cc1ncn(CCCCCCl)c1C#N. The molecule has 1 rings (SSSR count). The Kier molecular flexibility index (Phi) is 4.66. The molecule has 0 spiro atoms. The Hall–Kier alpha value is -1.52. The van der Waals surface area contributed by atoms with E-state index in [1.54, 1.807) is 4.57 Å². The summed E-state index contributed by atoms with van der Waals surface area (Å²) in [4.78, 5) is 3.86. The van der Waals surface area contributed by atoms with E-state index >= 15 is 0 Å². The van der Waals surface area contributed by atoms with Crippen molar-refractivity contribution >= 4 is 11.6 Å². The number of alkyl halides is 1. The quantitative estimate of drug-likeness (QED) is 0.566. The minimum atomic E-state index is 0.204. The Bertz CT molecular complexity index is 397. The van der Waals surface area contributed by atoms with Crippen LogP contribution >= 0.6 is 11.6 Å². The van der Waals surface area contributed by atoms with E-state index in [9.17, 15) is 0 Å². The van der Waals surface area contributed by atoms with E-state index in [1.165, 1.54) is 6.33 Å². The standard InChI is InChI=1S/C10H11ClN4/c11-4-2-1-3-5-15-8-14-9(6-12)10(15)7-13/h8H,1-5H2. The molecule has 0 saturated carbocycles. The maximum absolute atomic E-state index is 8.84. The third-order valence-corrected chi connectivity index (χ3v) is 2.35. The second kappa shape index (κ2) is 6.06. The van der Waals surface area contributed by atoms with Crippen molar-refractivity contribution in [2.24, 2.45) is 0 Å². The summed E-state index contributed by atoms with van der Waals surface area (Å²) in [6.45, 7) is 0.717. The van der Waals surface area contributed by atoms with Crippen LogP contribution in [0.3, 0.4) is 0 Å². The van der Waals surface area contributed by atoms with E-state index in [-0.39, 0.29) is 5.69 Å². The highest BCUT2D eigenvalue weighted by molar-refractivity contribution is 6.17. The fraction of sp³-hybridized carbons (Fsp3) is 0.500. The lowest BCUT2D eigenvalue weighted by molar-refractivity contribution is 0.599. The average molecular weight is 223 g/mol. The first-order valence-corrected chi connectivity index (χ1v) is 5.28. The summed E-state index contributed by atoms with van der Waals surface area (Å²) < 4.78 is 1.72. The molecule has 1 heterocycles. The van der Waals surface area contributed by atoms with Gasteiger partial charge in [-0.3, -0.25) is 0 Å². The van der Waals surface area contributed by atoms with Gasteiger partial charge >= 0.3 is 0 Å². The maximum Gasteiger partial charge on any atom is 0.176 e. The van der Waals surface area contributed by atoms with E-state index in [1.807, 2.05) is 12.1 Å². The highest BCUT2D eigenvalue weighted by Gasteiger charge is 2.08. The van der Waals surface area contributed by atoms with Crippen LogP contribution in [0.2, 0.25) is 0 Å². The zero-order valence-corrected chi connectivity index (χ0v) is 9.04. The van der Waals surface area contributed by atoms with Gasteiger partial charge in [0.25, 0.3) is 0 Å². The Morgan fingerprint density at radius 2 is 2.07 bits per heavy atom. The molecular formula is C10H11ClN4. The van der Waals surface area contributed by atoms with Crippen molar-refractivity contribution in [1.82, 2.24) is 9.55 Å². The third-order valence-electron chi connectivity index (χ3n) is 2.08. The maximum atomic E-state index is 8.84. The molecule has 1 aromatic rings. The van der Waals surface area contributed by atoms with Crippen molar-refractivity contribution in [3.63, 3.8) is 0 Å². The van der Waals surface area contributed by atoms with Gasteiger partial charge in [-0.15, -0.1) is 11.6 Å². The van der Waals surface area contributed by atoms with Crippen molar-refractivity contribution in [1.29, 1.82) is 10.5 Å². The van der Waals surface area contributed by atoms with Crippen LogP contribution in [0.4, 0.5) is 0 Å². The third kappa shape index (κ3) is 2.97. The van der Waals surface area contributed by atoms with Crippen molar-refractivity contribution < 1.29 is 0 Å². The van der Waals surface area contributed by atoms with E-state index in [2.05, 4.69) is 4.98 Å². The summed E-state index contributed by atoms with van der Waals surface area (Å²) in [5.41, 5.74) is 0.554. The monoisotopic (exact) mass is 222 g/mol. The lowest BCUT2D eigenvalue weighted by atomic mass is 10.2. The molecule has 15 heavy (non-hydrogen) atoms. The second-order valence-electron chi connectivity index (χ2n) is 3.11. The van der Waals surface area contributed by atoms with Crippen LogP contribution < -0.4 is 0 Å². The highest BCUT2D eigenvalue weighted by atomic mass is 35.5. The molecule has 0 aliphatic heterocycles. The number of nitriles is 2. The number of unbranched alkanes of at least 4 members (excludes halogenated alkanes) is 2. The normalized spacial score (nSPS) is 9.53. The summed E-state index contributed by atoms with van der Waals surface area (Å²) in [5.74, 6) is 0.665. The number of aryl methyl sites for hydroxylation is 1. The van der Waals surface area contributed by atoms with Gasteiger partial charge in [-0.1, -0.05) is 6.42 Å². The van der Waals surface area contributed by atoms with Crippen molar-refractivity contribution in [3.8, 4) is 12.1 Å². The Labute approximate surface area is 93.7 Å². The van der Waals surface area contributed by atoms with Gasteiger partial charge in [0.2, 0.25) is 0 Å². The number of hydrogen-bond donors (Lipinski definition) is 0. The summed E-state index contributed by atoms with van der Waals surface area (Å²) in [6, 6.07) is 3.88. The first-order chi connectivity index (χ1) is 7.33. The van der Waals surface area contributed by atoms with Crippen LogP contribution in [0.25, 0.3) is 0 Å². The fourth-order valence-electron chi connectivity index (χ4n) is 1.30. The smallest absolute Gasteiger partial charge is 0.176 e. The van der Waals surface area contributed by atoms with Crippen molar-refractivity contribution in [2.75, 3.05) is 5.88 Å². The highest BCUT2D eigenvalue weighted by Crippen LogP contribution is 2.07. The topological polar surface area (TPSA) is 65.4 Å². The molecule has 0 aromatic carbocycles. The number of imidazole rings is 1. The summed E-state index contributed by atoms with van der Waals surface area (Å²) in [6.07, 6.45) is 4.48. The first-order valence-electron chi connectivity index (χ1n) is 4.74. The number of rotatable bonds is 5. The fourth-order valence-corrected chi connectivity index (χ4v) is 1.49. The summed E-state index contributed by atoms with van der Waals surface area (Å²) in [5, 5.41) is 17.5. The zero-order valence-electron chi connectivity index (χ0n) is 8.28. The van der Waals surface area contributed by atoms with Crippen LogP contribution in [0.5, 0.6) is 0 Å². The first kappa shape index (κ1) is 11.6. The lowest BCUT2D eigenvalue weighted by Crippen LogP contribution is -2.00. The summed E-state index contributed by atoms with van der Waals surface area (Å²) >= 11 is 5.55. The van der Waals surface area contributed by atoms with Gasteiger partial charge in [0.15, 0.2) is 11.4 Å². The van der Waals surface area contributed by atoms with Crippen LogP contribution in [0, 0.1) is 22.7 Å². The molecule has 0 unspecified atom stereocenters. The average Bonchev–Trinajstić information content (AvgIpc) is 2.66. The lowest BCUT2D eigenvalue weighted by Gasteiger charge is -2.02. The van der Waals surface area contributed by atoms with Gasteiger partial charge in [0.05, 0.1) is 6.33 Å². The molecule has 0 aliphatic carbocycles. The molecular weight excluding hydrogens is 212 g/mol. The molecule has 4 nitrogen and oxygen atoms in total. The van der Waals surface area contributed by atoms with Gasteiger partial charge in [0, 0.05) is 12.4 Å². The Balaban J connectivity index is 2.59. The molecule has 0 N–H and O–H groups in total. The molecule has 0 amide bonds. The zero-order chi connectivity index (χ0) is 11.1. The molecule has 0 saturated heterocycles. The van der Waals surface area contributed by atoms with Gasteiger partial charge in [0.1, 0.15) is 12.1 Å². The molecule has 1 aromatic heterocycles. The summed E-state index contributed by atoms with van der Waals surface area (Å²) in [7, 11) is 0. The van der Waals surface area contributed by atoms with E-state index < -0.39 is 0 Å². The predicted molar refractivity (Wildman–Crippen MR) is 56.2 cm³/mol. The molecule has 5 heteroatoms. The Morgan fingerprint density at radius 3 is 2.67 bits per heavy atom. The molecule has 0 bridgehead atoms. The minimum absolute atomic E-state index is 0.204. The van der Waals surface area contributed by atoms with Gasteiger partial charge in [-0.05, 0) is 12.8 Å². The molecule has 0 fully saturated rings. The predicted octanol–water partition coefficient (Wildman–Crippen LogP) is 2.04. The van der Waals surface area contributed by atoms with Gasteiger partial charge < -0.3 is 4.57 Å². The van der Waals surface area contributed by atoms with Gasteiger partial charge in [-0.2, -0.15) is 10.5 Å². The van der Waals surface area contributed by atoms with E-state index in [0.717, 1.165) is 19.3 Å². The number of nitrogens with zero attached hydrogens (tertiary/aromatic N) is 4. The van der Waals surface area contributed by atoms with Crippen LogP contribution in [-0.4, -0.2) is 15.4 Å².